The SMILES string of the molecule is COc1cc(NC(=O)c2ccc(COc3ccc(C(C)(C)c4ccccc4)cc3)o2)ccc1OC(F)F. The Labute approximate surface area is 213 Å². The van der Waals surface area contributed by atoms with E-state index < -0.39 is 12.5 Å². The summed E-state index contributed by atoms with van der Waals surface area (Å²) in [5.41, 5.74) is 2.56. The first-order valence-electron chi connectivity index (χ1n) is 11.6. The van der Waals surface area contributed by atoms with E-state index in [1.807, 2.05) is 42.5 Å². The van der Waals surface area contributed by atoms with Gasteiger partial charge in [-0.05, 0) is 47.5 Å². The second kappa shape index (κ2) is 11.2. The van der Waals surface area contributed by atoms with Crippen molar-refractivity contribution in [1.82, 2.24) is 0 Å². The summed E-state index contributed by atoms with van der Waals surface area (Å²) < 4.78 is 45.9. The molecule has 1 amide bonds. The molecule has 0 aliphatic heterocycles. The van der Waals surface area contributed by atoms with Crippen LogP contribution in [0.3, 0.4) is 0 Å². The molecule has 4 rings (SSSR count). The number of ether oxygens (including phenoxy) is 3. The maximum Gasteiger partial charge on any atom is 0.387 e. The lowest BCUT2D eigenvalue weighted by molar-refractivity contribution is -0.0512. The summed E-state index contributed by atoms with van der Waals surface area (Å²) in [7, 11) is 1.32. The molecule has 0 unspecified atom stereocenters. The summed E-state index contributed by atoms with van der Waals surface area (Å²) >= 11 is 0. The quantitative estimate of drug-likeness (QED) is 0.249. The predicted molar refractivity (Wildman–Crippen MR) is 136 cm³/mol. The third-order valence-corrected chi connectivity index (χ3v) is 5.98. The zero-order valence-corrected chi connectivity index (χ0v) is 20.7. The van der Waals surface area contributed by atoms with Crippen LogP contribution in [0, 0.1) is 0 Å². The van der Waals surface area contributed by atoms with E-state index in [1.165, 1.54) is 36.9 Å². The lowest BCUT2D eigenvalue weighted by Crippen LogP contribution is -2.18. The van der Waals surface area contributed by atoms with Crippen molar-refractivity contribution < 1.29 is 32.2 Å². The molecule has 0 saturated heterocycles. The van der Waals surface area contributed by atoms with Crippen LogP contribution in [0.2, 0.25) is 0 Å². The maximum absolute atomic E-state index is 12.6. The molecular formula is C29H27F2NO5. The molecule has 0 bridgehead atoms. The summed E-state index contributed by atoms with van der Waals surface area (Å²) in [5, 5.41) is 2.64. The number of alkyl halides is 2. The number of amides is 1. The standard InChI is InChI=1S/C29H27F2NO5/c1-29(2,19-7-5-4-6-8-19)20-9-12-22(13-10-20)35-18-23-14-16-25(36-23)27(33)32-21-11-15-24(37-28(30)31)26(17-21)34-3/h4-17,28H,18H2,1-3H3,(H,32,33). The highest BCUT2D eigenvalue weighted by Gasteiger charge is 2.22. The highest BCUT2D eigenvalue weighted by molar-refractivity contribution is 6.02. The highest BCUT2D eigenvalue weighted by atomic mass is 19.3. The molecule has 192 valence electrons. The molecule has 6 nitrogen and oxygen atoms in total. The van der Waals surface area contributed by atoms with Crippen LogP contribution in [-0.2, 0) is 12.0 Å². The van der Waals surface area contributed by atoms with Gasteiger partial charge >= 0.3 is 6.61 Å². The number of carbonyl (C=O) groups excluding carboxylic acids is 1. The molecule has 0 spiro atoms. The lowest BCUT2D eigenvalue weighted by Gasteiger charge is -2.26. The first-order valence-corrected chi connectivity index (χ1v) is 11.6. The van der Waals surface area contributed by atoms with Gasteiger partial charge in [-0.3, -0.25) is 4.79 Å². The van der Waals surface area contributed by atoms with Gasteiger partial charge in [-0.25, -0.2) is 0 Å². The Kier molecular flexibility index (Phi) is 7.77. The van der Waals surface area contributed by atoms with Gasteiger partial charge in [0.15, 0.2) is 17.3 Å². The van der Waals surface area contributed by atoms with Gasteiger partial charge in [-0.1, -0.05) is 56.3 Å². The van der Waals surface area contributed by atoms with Crippen molar-refractivity contribution in [3.8, 4) is 17.2 Å². The molecule has 0 radical (unpaired) electrons. The van der Waals surface area contributed by atoms with Crippen molar-refractivity contribution in [1.29, 1.82) is 0 Å². The number of halogens is 2. The number of carbonyl (C=O) groups is 1. The summed E-state index contributed by atoms with van der Waals surface area (Å²) in [5.74, 6) is 0.633. The molecule has 1 N–H and O–H groups in total. The van der Waals surface area contributed by atoms with E-state index in [1.54, 1.807) is 6.07 Å². The number of rotatable bonds is 10. The first-order chi connectivity index (χ1) is 17.8. The molecule has 37 heavy (non-hydrogen) atoms. The molecule has 3 aromatic carbocycles. The minimum absolute atomic E-state index is 0.0600. The van der Waals surface area contributed by atoms with Crippen molar-refractivity contribution in [2.45, 2.75) is 32.5 Å². The van der Waals surface area contributed by atoms with Crippen LogP contribution in [-0.4, -0.2) is 19.6 Å². The van der Waals surface area contributed by atoms with Gasteiger partial charge in [0.05, 0.1) is 7.11 Å². The zero-order valence-electron chi connectivity index (χ0n) is 20.7. The molecule has 8 heteroatoms. The molecule has 1 heterocycles. The van der Waals surface area contributed by atoms with Crippen molar-refractivity contribution in [3.63, 3.8) is 0 Å². The number of benzene rings is 3. The first kappa shape index (κ1) is 25.8. The van der Waals surface area contributed by atoms with Crippen LogP contribution in [0.25, 0.3) is 0 Å². The van der Waals surface area contributed by atoms with Crippen molar-refractivity contribution in [3.05, 3.63) is 108 Å². The van der Waals surface area contributed by atoms with Gasteiger partial charge in [-0.2, -0.15) is 8.78 Å². The van der Waals surface area contributed by atoms with Gasteiger partial charge < -0.3 is 23.9 Å². The van der Waals surface area contributed by atoms with Crippen molar-refractivity contribution >= 4 is 11.6 Å². The van der Waals surface area contributed by atoms with E-state index in [2.05, 4.69) is 36.0 Å². The highest BCUT2D eigenvalue weighted by Crippen LogP contribution is 2.33. The topological polar surface area (TPSA) is 69.9 Å². The number of hydrogen-bond acceptors (Lipinski definition) is 5. The van der Waals surface area contributed by atoms with Gasteiger partial charge in [0.25, 0.3) is 5.91 Å². The van der Waals surface area contributed by atoms with E-state index in [0.717, 1.165) is 5.56 Å². The van der Waals surface area contributed by atoms with Crippen LogP contribution in [0.1, 0.15) is 41.3 Å². The van der Waals surface area contributed by atoms with Crippen LogP contribution in [0.4, 0.5) is 14.5 Å². The zero-order chi connectivity index (χ0) is 26.4. The van der Waals surface area contributed by atoms with E-state index in [0.29, 0.717) is 17.2 Å². The van der Waals surface area contributed by atoms with Crippen LogP contribution < -0.4 is 19.5 Å². The summed E-state index contributed by atoms with van der Waals surface area (Å²) in [6.07, 6.45) is 0. The Bertz CT molecular complexity index is 1330. The third kappa shape index (κ3) is 6.27. The average molecular weight is 508 g/mol. The monoisotopic (exact) mass is 507 g/mol. The Morgan fingerprint density at radius 2 is 1.62 bits per heavy atom. The van der Waals surface area contributed by atoms with E-state index in [-0.39, 0.29) is 29.3 Å². The number of methoxy groups -OCH3 is 1. The third-order valence-electron chi connectivity index (χ3n) is 5.98. The largest absolute Gasteiger partial charge is 0.493 e. The minimum Gasteiger partial charge on any atom is -0.493 e. The van der Waals surface area contributed by atoms with Gasteiger partial charge in [0.1, 0.15) is 18.1 Å². The second-order valence-corrected chi connectivity index (χ2v) is 8.77. The second-order valence-electron chi connectivity index (χ2n) is 8.77. The minimum atomic E-state index is -2.99. The molecule has 4 aromatic rings. The van der Waals surface area contributed by atoms with E-state index in [4.69, 9.17) is 13.9 Å². The molecular weight excluding hydrogens is 480 g/mol. The molecule has 0 aliphatic rings. The predicted octanol–water partition coefficient (Wildman–Crippen LogP) is 7.05. The number of anilines is 1. The smallest absolute Gasteiger partial charge is 0.387 e. The Hall–Kier alpha value is -4.33. The molecule has 0 fully saturated rings. The normalized spacial score (nSPS) is 11.3. The number of hydrogen-bond donors (Lipinski definition) is 1. The molecule has 0 aliphatic carbocycles. The van der Waals surface area contributed by atoms with Crippen LogP contribution in [0.5, 0.6) is 17.2 Å². The number of furan rings is 1. The molecule has 1 aromatic heterocycles. The van der Waals surface area contributed by atoms with E-state index >= 15 is 0 Å². The van der Waals surface area contributed by atoms with Gasteiger partial charge in [0, 0.05) is 17.2 Å². The van der Waals surface area contributed by atoms with Crippen LogP contribution in [0.15, 0.2) is 89.3 Å². The Balaban J connectivity index is 1.35. The Morgan fingerprint density at radius 3 is 2.30 bits per heavy atom. The molecule has 0 saturated carbocycles. The maximum atomic E-state index is 12.6. The summed E-state index contributed by atoms with van der Waals surface area (Å²) in [4.78, 5) is 12.6. The van der Waals surface area contributed by atoms with Gasteiger partial charge in [0.2, 0.25) is 0 Å². The Morgan fingerprint density at radius 1 is 0.919 bits per heavy atom. The fourth-order valence-corrected chi connectivity index (χ4v) is 3.85. The summed E-state index contributed by atoms with van der Waals surface area (Å²) in [6, 6.07) is 25.5. The van der Waals surface area contributed by atoms with E-state index in [9.17, 15) is 13.6 Å². The molecule has 0 atom stereocenters. The van der Waals surface area contributed by atoms with Crippen molar-refractivity contribution in [2.75, 3.05) is 12.4 Å². The van der Waals surface area contributed by atoms with Crippen LogP contribution >= 0.6 is 0 Å². The number of nitrogens with one attached hydrogen (secondary N) is 1. The summed E-state index contributed by atoms with van der Waals surface area (Å²) in [6.45, 7) is 1.50. The average Bonchev–Trinajstić information content (AvgIpc) is 3.38. The fraction of sp³-hybridized carbons (Fsp3) is 0.207. The van der Waals surface area contributed by atoms with Gasteiger partial charge in [-0.15, -0.1) is 0 Å². The van der Waals surface area contributed by atoms with Crippen molar-refractivity contribution in [2.24, 2.45) is 0 Å². The lowest BCUT2D eigenvalue weighted by atomic mass is 9.78. The fourth-order valence-electron chi connectivity index (χ4n) is 3.85.